The number of carbonyl (C=O) groups excluding carboxylic acids is 4. The van der Waals surface area contributed by atoms with Gasteiger partial charge in [-0.2, -0.15) is 11.8 Å². The minimum atomic E-state index is -3.57. The molecule has 16 heteroatoms. The van der Waals surface area contributed by atoms with E-state index in [2.05, 4.69) is 63.6 Å². The van der Waals surface area contributed by atoms with Gasteiger partial charge >= 0.3 is 6.03 Å². The molecule has 53 heavy (non-hydrogen) atoms. The molecule has 0 radical (unpaired) electrons. The smallest absolute Gasteiger partial charge is 0.315 e. The average molecular weight is 766 g/mol. The van der Waals surface area contributed by atoms with Crippen LogP contribution in [0, 0.1) is 0 Å². The largest absolute Gasteiger partial charge is 0.356 e. The molecule has 2 aliphatic rings. The van der Waals surface area contributed by atoms with Gasteiger partial charge in [0.15, 0.2) is 0 Å². The van der Waals surface area contributed by atoms with Crippen LogP contribution in [0.25, 0.3) is 0 Å². The van der Waals surface area contributed by atoms with Crippen LogP contribution in [-0.4, -0.2) is 72.6 Å². The number of hydrogen-bond acceptors (Lipinski definition) is 8. The average Bonchev–Trinajstić information content (AvgIpc) is 3.82. The molecule has 2 unspecified atom stereocenters. The predicted octanol–water partition coefficient (Wildman–Crippen LogP) is 4.41. The first-order chi connectivity index (χ1) is 25.3. The zero-order chi connectivity index (χ0) is 38.1. The Labute approximate surface area is 315 Å². The third-order valence-electron chi connectivity index (χ3n) is 9.42. The Balaban J connectivity index is 1.03. The first kappa shape index (κ1) is 39.9. The number of nitrogens with two attached hydrogens (primary N) is 1. The van der Waals surface area contributed by atoms with Crippen LogP contribution in [-0.2, 0) is 43.7 Å². The molecule has 5 rings (SSSR count). The summed E-state index contributed by atoms with van der Waals surface area (Å²) in [6, 6.07) is 12.5. The minimum absolute atomic E-state index is 0.00297. The van der Waals surface area contributed by atoms with Gasteiger partial charge in [-0.15, -0.1) is 9.46 Å². The second-order valence-electron chi connectivity index (χ2n) is 14.2. The fraction of sp³-hybridized carbons (Fsp3) is 0.514. The summed E-state index contributed by atoms with van der Waals surface area (Å²) in [6.45, 7) is 9.35. The quantitative estimate of drug-likeness (QED) is 0.0982. The summed E-state index contributed by atoms with van der Waals surface area (Å²) < 4.78 is 19.1. The second-order valence-corrected chi connectivity index (χ2v) is 17.3. The van der Waals surface area contributed by atoms with Crippen LogP contribution in [0.4, 0.5) is 10.5 Å². The second kappa shape index (κ2) is 18.2. The van der Waals surface area contributed by atoms with E-state index in [-0.39, 0.29) is 59.5 Å². The summed E-state index contributed by atoms with van der Waals surface area (Å²) in [5.74, 6) is 0.469. The number of amides is 5. The van der Waals surface area contributed by atoms with Crippen LogP contribution >= 0.6 is 11.8 Å². The number of nitrogens with zero attached hydrogens (tertiary/aromatic N) is 4. The van der Waals surface area contributed by atoms with E-state index in [1.54, 1.807) is 23.0 Å². The highest BCUT2D eigenvalue weighted by Gasteiger charge is 2.42. The number of aryl methyl sites for hydroxylation is 2. The maximum Gasteiger partial charge on any atom is 0.315 e. The molecule has 0 aliphatic carbocycles. The molecule has 6 N–H and O–H groups in total. The van der Waals surface area contributed by atoms with Crippen LogP contribution < -0.4 is 26.4 Å². The molecule has 3 heterocycles. The van der Waals surface area contributed by atoms with E-state index >= 15 is 0 Å². The number of anilines is 1. The highest BCUT2D eigenvalue weighted by Crippen LogP contribution is 2.33. The van der Waals surface area contributed by atoms with Crippen LogP contribution in [0.5, 0.6) is 0 Å². The van der Waals surface area contributed by atoms with Gasteiger partial charge in [0.1, 0.15) is 9.92 Å². The normalized spacial score (nSPS) is 19.0. The summed E-state index contributed by atoms with van der Waals surface area (Å²) in [5.41, 5.74) is 4.04. The van der Waals surface area contributed by atoms with Crippen LogP contribution in [0.1, 0.15) is 94.0 Å². The summed E-state index contributed by atoms with van der Waals surface area (Å²) in [5, 5.41) is 26.4. The SMILES string of the molecule is CC(C)c1cccc(C(C)C)c1CC(=O)N=S(N)(=O)c1cccc(NC(=O)CCc2cn(CCCNC(=O)CCCC3SC[C@@H]4NC(=O)N[C@H]34)nn2)c1. The zero-order valence-corrected chi connectivity index (χ0v) is 32.4. The van der Waals surface area contributed by atoms with E-state index in [1.165, 1.54) is 12.1 Å². The molecule has 2 aliphatic heterocycles. The molecule has 0 bridgehead atoms. The van der Waals surface area contributed by atoms with Crippen molar-refractivity contribution < 1.29 is 23.4 Å². The lowest BCUT2D eigenvalue weighted by Crippen LogP contribution is -2.37. The molecular weight excluding hydrogens is 715 g/mol. The van der Waals surface area contributed by atoms with Gasteiger partial charge in [0, 0.05) is 55.2 Å². The molecule has 2 saturated heterocycles. The molecule has 1 aromatic heterocycles. The lowest BCUT2D eigenvalue weighted by molar-refractivity contribution is -0.121. The highest BCUT2D eigenvalue weighted by molar-refractivity contribution is 8.00. The number of urea groups is 1. The van der Waals surface area contributed by atoms with Gasteiger partial charge in [0.25, 0.3) is 5.91 Å². The standard InChI is InChI=1S/C37H51N9O5S2/c1-23(2)28-11-6-12-29(24(3)4)30(28)20-35(49)44-53(38,51)27-10-5-9-25(19-27)40-34(48)16-15-26-21-46(45-43-26)18-8-17-39-33(47)14-7-13-32-36-31(22-52-32)41-37(50)42-36/h5-6,9-12,19,21,23-24,31-32,36H,7-8,13-18,20,22H2,1-4H3,(H,39,47)(H,40,48)(H2,41,42,50)(H2,38,44,49,51)/t31-,32?,36-,53?/m0/s1. The van der Waals surface area contributed by atoms with Crippen molar-refractivity contribution in [2.24, 2.45) is 9.50 Å². The topological polar surface area (TPSA) is 203 Å². The number of hydrogen-bond donors (Lipinski definition) is 5. The van der Waals surface area contributed by atoms with Crippen molar-refractivity contribution in [2.45, 2.75) is 113 Å². The number of carbonyl (C=O) groups is 4. The Hall–Kier alpha value is -4.28. The van der Waals surface area contributed by atoms with Gasteiger partial charge in [-0.25, -0.2) is 14.1 Å². The third-order valence-corrected chi connectivity index (χ3v) is 12.3. The van der Waals surface area contributed by atoms with E-state index < -0.39 is 15.8 Å². The molecular formula is C37H51N9O5S2. The highest BCUT2D eigenvalue weighted by atomic mass is 32.2. The minimum Gasteiger partial charge on any atom is -0.356 e. The molecule has 4 atom stereocenters. The monoisotopic (exact) mass is 765 g/mol. The van der Waals surface area contributed by atoms with Crippen molar-refractivity contribution in [3.05, 3.63) is 71.0 Å². The van der Waals surface area contributed by atoms with Crippen molar-refractivity contribution in [1.29, 1.82) is 0 Å². The molecule has 0 saturated carbocycles. The summed E-state index contributed by atoms with van der Waals surface area (Å²) in [7, 11) is -3.57. The summed E-state index contributed by atoms with van der Waals surface area (Å²) in [6.07, 6.45) is 5.05. The van der Waals surface area contributed by atoms with E-state index in [9.17, 15) is 23.4 Å². The van der Waals surface area contributed by atoms with Gasteiger partial charge in [-0.05, 0) is 66.0 Å². The molecule has 3 aromatic rings. The molecule has 5 amide bonds. The Bertz CT molecular complexity index is 1890. The fourth-order valence-electron chi connectivity index (χ4n) is 6.74. The fourth-order valence-corrected chi connectivity index (χ4v) is 9.33. The Kier molecular flexibility index (Phi) is 13.7. The molecule has 286 valence electrons. The number of thioether (sulfide) groups is 1. The lowest BCUT2D eigenvalue weighted by atomic mass is 9.87. The van der Waals surface area contributed by atoms with E-state index in [4.69, 9.17) is 5.14 Å². The van der Waals surface area contributed by atoms with Crippen LogP contribution in [0.2, 0.25) is 0 Å². The summed E-state index contributed by atoms with van der Waals surface area (Å²) in [4.78, 5) is 49.9. The predicted molar refractivity (Wildman–Crippen MR) is 207 cm³/mol. The molecule has 0 spiro atoms. The van der Waals surface area contributed by atoms with Crippen LogP contribution in [0.15, 0.2) is 57.9 Å². The first-order valence-corrected chi connectivity index (χ1v) is 20.9. The van der Waals surface area contributed by atoms with E-state index in [0.717, 1.165) is 35.3 Å². The van der Waals surface area contributed by atoms with Gasteiger partial charge in [-0.3, -0.25) is 19.1 Å². The van der Waals surface area contributed by atoms with Crippen molar-refractivity contribution >= 4 is 51.1 Å². The molecule has 2 aromatic carbocycles. The van der Waals surface area contributed by atoms with E-state index in [0.29, 0.717) is 49.0 Å². The van der Waals surface area contributed by atoms with Crippen molar-refractivity contribution in [3.8, 4) is 0 Å². The first-order valence-electron chi connectivity index (χ1n) is 18.2. The van der Waals surface area contributed by atoms with Gasteiger partial charge < -0.3 is 21.3 Å². The summed E-state index contributed by atoms with van der Waals surface area (Å²) >= 11 is 1.85. The van der Waals surface area contributed by atoms with E-state index in [1.807, 2.05) is 30.0 Å². The van der Waals surface area contributed by atoms with Gasteiger partial charge in [0.2, 0.25) is 11.8 Å². The molecule has 14 nitrogen and oxygen atoms in total. The lowest BCUT2D eigenvalue weighted by Gasteiger charge is -2.18. The van der Waals surface area contributed by atoms with Gasteiger partial charge in [0.05, 0.1) is 29.1 Å². The Morgan fingerprint density at radius 3 is 2.51 bits per heavy atom. The maximum absolute atomic E-state index is 13.5. The van der Waals surface area contributed by atoms with Crippen molar-refractivity contribution in [1.82, 2.24) is 30.9 Å². The number of benzene rings is 2. The number of fused-ring (bicyclic) bond motifs is 1. The zero-order valence-electron chi connectivity index (χ0n) is 30.8. The third kappa shape index (κ3) is 11.1. The molecule has 2 fully saturated rings. The van der Waals surface area contributed by atoms with Crippen molar-refractivity contribution in [2.75, 3.05) is 17.6 Å². The van der Waals surface area contributed by atoms with Crippen molar-refractivity contribution in [3.63, 3.8) is 0 Å². The Morgan fingerprint density at radius 1 is 1.04 bits per heavy atom. The number of rotatable bonds is 17. The maximum atomic E-state index is 13.5. The van der Waals surface area contributed by atoms with Gasteiger partial charge in [-0.1, -0.05) is 57.2 Å². The number of aromatic nitrogens is 3. The van der Waals surface area contributed by atoms with Crippen LogP contribution in [0.3, 0.4) is 0 Å². The number of nitrogens with one attached hydrogen (secondary N) is 4. The Morgan fingerprint density at radius 2 is 1.77 bits per heavy atom.